The Labute approximate surface area is 106 Å². The van der Waals surface area contributed by atoms with E-state index in [-0.39, 0.29) is 0 Å². The molecule has 1 aromatic heterocycles. The van der Waals surface area contributed by atoms with Crippen LogP contribution in [0.3, 0.4) is 0 Å². The van der Waals surface area contributed by atoms with Crippen LogP contribution in [0.5, 0.6) is 0 Å². The fraction of sp³-hybridized carbons (Fsp3) is 0.385. The van der Waals surface area contributed by atoms with Crippen molar-refractivity contribution in [3.8, 4) is 0 Å². The average Bonchev–Trinajstić information content (AvgIpc) is 2.42. The predicted molar refractivity (Wildman–Crippen MR) is 70.7 cm³/mol. The highest BCUT2D eigenvalue weighted by molar-refractivity contribution is 5.78. The largest absolute Gasteiger partial charge is 0.382 e. The van der Waals surface area contributed by atoms with E-state index in [1.807, 2.05) is 30.5 Å². The zero-order valence-electron chi connectivity index (χ0n) is 10.4. The second-order valence-electron chi connectivity index (χ2n) is 3.78. The van der Waals surface area contributed by atoms with E-state index in [1.165, 1.54) is 0 Å². The third-order valence-electron chi connectivity index (χ3n) is 2.45. The molecule has 1 heterocycles. The SMILES string of the molecule is COCCOCCNc1ncc2ccccc2n1. The van der Waals surface area contributed by atoms with Crippen molar-refractivity contribution in [3.05, 3.63) is 30.5 Å². The molecule has 0 aliphatic carbocycles. The first-order valence-corrected chi connectivity index (χ1v) is 5.92. The van der Waals surface area contributed by atoms with Crippen LogP contribution in [-0.2, 0) is 9.47 Å². The van der Waals surface area contributed by atoms with Crippen molar-refractivity contribution in [2.75, 3.05) is 38.8 Å². The van der Waals surface area contributed by atoms with Crippen LogP contribution in [0.1, 0.15) is 0 Å². The number of anilines is 1. The smallest absolute Gasteiger partial charge is 0.223 e. The summed E-state index contributed by atoms with van der Waals surface area (Å²) in [4.78, 5) is 8.65. The first-order valence-electron chi connectivity index (χ1n) is 5.92. The molecule has 2 rings (SSSR count). The van der Waals surface area contributed by atoms with Gasteiger partial charge in [-0.3, -0.25) is 0 Å². The van der Waals surface area contributed by atoms with E-state index >= 15 is 0 Å². The fourth-order valence-electron chi connectivity index (χ4n) is 1.54. The molecule has 1 aromatic carbocycles. The summed E-state index contributed by atoms with van der Waals surface area (Å²) in [6, 6.07) is 7.90. The van der Waals surface area contributed by atoms with Crippen molar-refractivity contribution in [1.29, 1.82) is 0 Å². The van der Waals surface area contributed by atoms with Crippen molar-refractivity contribution >= 4 is 16.9 Å². The fourth-order valence-corrected chi connectivity index (χ4v) is 1.54. The van der Waals surface area contributed by atoms with Crippen molar-refractivity contribution in [2.24, 2.45) is 0 Å². The summed E-state index contributed by atoms with van der Waals surface area (Å²) in [5, 5.41) is 4.17. The molecule has 0 spiro atoms. The summed E-state index contributed by atoms with van der Waals surface area (Å²) < 4.78 is 10.2. The van der Waals surface area contributed by atoms with Crippen molar-refractivity contribution in [3.63, 3.8) is 0 Å². The second kappa shape index (κ2) is 6.88. The maximum absolute atomic E-state index is 5.34. The summed E-state index contributed by atoms with van der Waals surface area (Å²) in [6.07, 6.45) is 1.82. The minimum absolute atomic E-state index is 0.608. The number of rotatable bonds is 7. The topological polar surface area (TPSA) is 56.3 Å². The second-order valence-corrected chi connectivity index (χ2v) is 3.78. The zero-order chi connectivity index (χ0) is 12.6. The Morgan fingerprint density at radius 3 is 2.94 bits per heavy atom. The van der Waals surface area contributed by atoms with Gasteiger partial charge in [0.1, 0.15) is 0 Å². The highest BCUT2D eigenvalue weighted by Gasteiger charge is 1.98. The molecule has 0 unspecified atom stereocenters. The predicted octanol–water partition coefficient (Wildman–Crippen LogP) is 1.70. The number of ether oxygens (including phenoxy) is 2. The molecule has 0 aliphatic heterocycles. The van der Waals surface area contributed by atoms with Crippen LogP contribution >= 0.6 is 0 Å². The van der Waals surface area contributed by atoms with Crippen molar-refractivity contribution < 1.29 is 9.47 Å². The van der Waals surface area contributed by atoms with Gasteiger partial charge in [0.15, 0.2) is 0 Å². The summed E-state index contributed by atoms with van der Waals surface area (Å²) in [5.41, 5.74) is 0.940. The number of para-hydroxylation sites is 1. The maximum atomic E-state index is 5.34. The van der Waals surface area contributed by atoms with E-state index in [0.29, 0.717) is 32.3 Å². The minimum Gasteiger partial charge on any atom is -0.382 e. The molecule has 0 atom stereocenters. The maximum Gasteiger partial charge on any atom is 0.223 e. The lowest BCUT2D eigenvalue weighted by Crippen LogP contribution is -2.13. The van der Waals surface area contributed by atoms with Gasteiger partial charge in [0.05, 0.1) is 25.3 Å². The number of methoxy groups -OCH3 is 1. The number of nitrogens with zero attached hydrogens (tertiary/aromatic N) is 2. The monoisotopic (exact) mass is 247 g/mol. The normalized spacial score (nSPS) is 10.7. The highest BCUT2D eigenvalue weighted by atomic mass is 16.5. The summed E-state index contributed by atoms with van der Waals surface area (Å²) >= 11 is 0. The van der Waals surface area contributed by atoms with E-state index < -0.39 is 0 Å². The van der Waals surface area contributed by atoms with Gasteiger partial charge in [-0.25, -0.2) is 9.97 Å². The molecule has 0 amide bonds. The molecule has 0 radical (unpaired) electrons. The van der Waals surface area contributed by atoms with Crippen LogP contribution in [-0.4, -0.2) is 43.4 Å². The Balaban J connectivity index is 1.81. The van der Waals surface area contributed by atoms with Gasteiger partial charge < -0.3 is 14.8 Å². The Kier molecular flexibility index (Phi) is 4.87. The highest BCUT2D eigenvalue weighted by Crippen LogP contribution is 2.11. The molecule has 5 heteroatoms. The molecule has 96 valence electrons. The van der Waals surface area contributed by atoms with E-state index in [0.717, 1.165) is 10.9 Å². The minimum atomic E-state index is 0.608. The van der Waals surface area contributed by atoms with E-state index in [4.69, 9.17) is 9.47 Å². The molecule has 0 aliphatic rings. The molecule has 0 saturated heterocycles. The van der Waals surface area contributed by atoms with Crippen LogP contribution in [0.2, 0.25) is 0 Å². The van der Waals surface area contributed by atoms with Crippen molar-refractivity contribution in [1.82, 2.24) is 9.97 Å². The molecule has 5 nitrogen and oxygen atoms in total. The first kappa shape index (κ1) is 12.7. The summed E-state index contributed by atoms with van der Waals surface area (Å²) in [5.74, 6) is 0.629. The summed E-state index contributed by atoms with van der Waals surface area (Å²) in [7, 11) is 1.66. The van der Waals surface area contributed by atoms with Gasteiger partial charge in [-0.05, 0) is 6.07 Å². The molecule has 1 N–H and O–H groups in total. The molecule has 0 fully saturated rings. The lowest BCUT2D eigenvalue weighted by molar-refractivity contribution is 0.0759. The molecule has 18 heavy (non-hydrogen) atoms. The van der Waals surface area contributed by atoms with Gasteiger partial charge >= 0.3 is 0 Å². The van der Waals surface area contributed by atoms with Crippen LogP contribution in [0.25, 0.3) is 10.9 Å². The van der Waals surface area contributed by atoms with Crippen LogP contribution in [0, 0.1) is 0 Å². The van der Waals surface area contributed by atoms with Gasteiger partial charge in [0.25, 0.3) is 0 Å². The van der Waals surface area contributed by atoms with Crippen LogP contribution in [0.4, 0.5) is 5.95 Å². The van der Waals surface area contributed by atoms with Gasteiger partial charge in [-0.2, -0.15) is 0 Å². The number of fused-ring (bicyclic) bond motifs is 1. The quantitative estimate of drug-likeness (QED) is 0.755. The number of benzene rings is 1. The van der Waals surface area contributed by atoms with Crippen LogP contribution < -0.4 is 5.32 Å². The third kappa shape index (κ3) is 3.65. The molecule has 0 saturated carbocycles. The van der Waals surface area contributed by atoms with E-state index in [1.54, 1.807) is 7.11 Å². The van der Waals surface area contributed by atoms with Gasteiger partial charge in [-0.15, -0.1) is 0 Å². The zero-order valence-corrected chi connectivity index (χ0v) is 10.4. The van der Waals surface area contributed by atoms with Gasteiger partial charge in [-0.1, -0.05) is 18.2 Å². The lowest BCUT2D eigenvalue weighted by atomic mass is 10.2. The molecule has 2 aromatic rings. The van der Waals surface area contributed by atoms with E-state index in [2.05, 4.69) is 15.3 Å². The lowest BCUT2D eigenvalue weighted by Gasteiger charge is -2.06. The standard InChI is InChI=1S/C13H17N3O2/c1-17-8-9-18-7-6-14-13-15-10-11-4-2-3-5-12(11)16-13/h2-5,10H,6-9H2,1H3,(H,14,15,16). The molecular weight excluding hydrogens is 230 g/mol. The Bertz CT molecular complexity index is 490. The van der Waals surface area contributed by atoms with Crippen molar-refractivity contribution in [2.45, 2.75) is 0 Å². The van der Waals surface area contributed by atoms with Gasteiger partial charge in [0, 0.05) is 25.2 Å². The number of hydrogen-bond acceptors (Lipinski definition) is 5. The first-order chi connectivity index (χ1) is 8.90. The summed E-state index contributed by atoms with van der Waals surface area (Å²) in [6.45, 7) is 2.52. The Morgan fingerprint density at radius 1 is 1.17 bits per heavy atom. The Hall–Kier alpha value is -1.72. The third-order valence-corrected chi connectivity index (χ3v) is 2.45. The van der Waals surface area contributed by atoms with Gasteiger partial charge in [0.2, 0.25) is 5.95 Å². The number of aromatic nitrogens is 2. The molecule has 0 bridgehead atoms. The molecular formula is C13H17N3O2. The number of nitrogens with one attached hydrogen (secondary N) is 1. The average molecular weight is 247 g/mol. The Morgan fingerprint density at radius 2 is 2.06 bits per heavy atom. The number of hydrogen-bond donors (Lipinski definition) is 1. The van der Waals surface area contributed by atoms with E-state index in [9.17, 15) is 0 Å². The van der Waals surface area contributed by atoms with Crippen LogP contribution in [0.15, 0.2) is 30.5 Å².